The number of hydrogen-bond acceptors (Lipinski definition) is 4. The van der Waals surface area contributed by atoms with Crippen LogP contribution in [0.1, 0.15) is 10.6 Å². The molecule has 0 amide bonds. The monoisotopic (exact) mass is 312 g/mol. The van der Waals surface area contributed by atoms with Crippen LogP contribution in [0.4, 0.5) is 4.39 Å². The third-order valence-corrected chi connectivity index (χ3v) is 3.98. The molecule has 0 unspecified atom stereocenters. The van der Waals surface area contributed by atoms with Crippen molar-refractivity contribution in [2.45, 2.75) is 0 Å². The number of methoxy groups -OCH3 is 1. The molecule has 0 aliphatic carbocycles. The quantitative estimate of drug-likeness (QED) is 0.523. The Balaban J connectivity index is 1.73. The van der Waals surface area contributed by atoms with Gasteiger partial charge < -0.3 is 4.74 Å². The molecule has 0 aliphatic rings. The molecule has 3 rings (SSSR count). The van der Waals surface area contributed by atoms with Crippen LogP contribution in [0.5, 0.6) is 5.75 Å². The molecule has 0 bridgehead atoms. The molecule has 0 fully saturated rings. The van der Waals surface area contributed by atoms with E-state index >= 15 is 0 Å². The normalized spacial score (nSPS) is 11.7. The number of rotatable bonds is 4. The molecular weight excluding hydrogens is 299 g/mol. The molecular formula is C17H13FN2OS. The van der Waals surface area contributed by atoms with Crippen LogP contribution in [0, 0.1) is 5.95 Å². The van der Waals surface area contributed by atoms with Gasteiger partial charge in [-0.15, -0.1) is 11.3 Å². The number of hydrogen-bond donors (Lipinski definition) is 0. The first-order chi connectivity index (χ1) is 10.7. The van der Waals surface area contributed by atoms with Crippen LogP contribution in [0.2, 0.25) is 0 Å². The van der Waals surface area contributed by atoms with Crippen LogP contribution in [0.25, 0.3) is 22.4 Å². The van der Waals surface area contributed by atoms with E-state index in [4.69, 9.17) is 4.74 Å². The smallest absolute Gasteiger partial charge is 0.212 e. The van der Waals surface area contributed by atoms with E-state index in [0.29, 0.717) is 0 Å². The summed E-state index contributed by atoms with van der Waals surface area (Å²) in [7, 11) is 1.65. The van der Waals surface area contributed by atoms with Crippen molar-refractivity contribution in [2.24, 2.45) is 0 Å². The van der Waals surface area contributed by atoms with Crippen molar-refractivity contribution >= 4 is 33.7 Å². The Bertz CT molecular complexity index is 837. The Morgan fingerprint density at radius 3 is 2.77 bits per heavy atom. The SMILES string of the molecule is COc1ccc2nc(/C=C/C=C/c3ccc(F)nc3)sc2c1. The van der Waals surface area contributed by atoms with Crippen LogP contribution in [0.3, 0.4) is 0 Å². The van der Waals surface area contributed by atoms with Crippen molar-refractivity contribution in [2.75, 3.05) is 7.11 Å². The van der Waals surface area contributed by atoms with E-state index < -0.39 is 5.95 Å². The number of pyridine rings is 1. The number of allylic oxidation sites excluding steroid dienone is 2. The molecule has 5 heteroatoms. The molecule has 3 nitrogen and oxygen atoms in total. The highest BCUT2D eigenvalue weighted by Gasteiger charge is 2.02. The van der Waals surface area contributed by atoms with Crippen molar-refractivity contribution in [1.82, 2.24) is 9.97 Å². The number of aromatic nitrogens is 2. The van der Waals surface area contributed by atoms with Gasteiger partial charge in [-0.3, -0.25) is 0 Å². The molecule has 0 radical (unpaired) electrons. The Morgan fingerprint density at radius 2 is 2.00 bits per heavy atom. The number of benzene rings is 1. The zero-order valence-electron chi connectivity index (χ0n) is 11.9. The summed E-state index contributed by atoms with van der Waals surface area (Å²) in [6.07, 6.45) is 9.06. The summed E-state index contributed by atoms with van der Waals surface area (Å²) in [5, 5.41) is 0.921. The first kappa shape index (κ1) is 14.4. The van der Waals surface area contributed by atoms with E-state index in [-0.39, 0.29) is 0 Å². The van der Waals surface area contributed by atoms with E-state index in [9.17, 15) is 4.39 Å². The van der Waals surface area contributed by atoms with E-state index in [1.807, 2.05) is 42.5 Å². The van der Waals surface area contributed by atoms with Gasteiger partial charge in [-0.25, -0.2) is 9.97 Å². The van der Waals surface area contributed by atoms with Gasteiger partial charge in [0.2, 0.25) is 5.95 Å². The molecule has 2 heterocycles. The minimum absolute atomic E-state index is 0.474. The molecule has 0 saturated carbocycles. The summed E-state index contributed by atoms with van der Waals surface area (Å²) in [6.45, 7) is 0. The summed E-state index contributed by atoms with van der Waals surface area (Å²) in [5.41, 5.74) is 1.80. The van der Waals surface area contributed by atoms with E-state index in [0.717, 1.165) is 26.5 Å². The minimum atomic E-state index is -0.474. The van der Waals surface area contributed by atoms with Gasteiger partial charge in [-0.2, -0.15) is 4.39 Å². The van der Waals surface area contributed by atoms with Crippen LogP contribution >= 0.6 is 11.3 Å². The van der Waals surface area contributed by atoms with Crippen molar-refractivity contribution in [3.05, 3.63) is 65.2 Å². The summed E-state index contributed by atoms with van der Waals surface area (Å²) in [6, 6.07) is 8.84. The average Bonchev–Trinajstić information content (AvgIpc) is 2.95. The fourth-order valence-corrected chi connectivity index (χ4v) is 2.82. The second kappa shape index (κ2) is 6.49. The molecule has 0 aliphatic heterocycles. The molecule has 0 atom stereocenters. The number of nitrogens with zero attached hydrogens (tertiary/aromatic N) is 2. The third-order valence-electron chi connectivity index (χ3n) is 3.00. The number of fused-ring (bicyclic) bond motifs is 1. The molecule has 110 valence electrons. The van der Waals surface area contributed by atoms with Gasteiger partial charge in [0.05, 0.1) is 17.3 Å². The van der Waals surface area contributed by atoms with Crippen LogP contribution in [0.15, 0.2) is 48.7 Å². The van der Waals surface area contributed by atoms with Gasteiger partial charge in [0.25, 0.3) is 0 Å². The van der Waals surface area contributed by atoms with Crippen molar-refractivity contribution in [3.63, 3.8) is 0 Å². The maximum atomic E-state index is 12.7. The molecule has 1 aromatic carbocycles. The van der Waals surface area contributed by atoms with Gasteiger partial charge in [-0.1, -0.05) is 18.2 Å². The predicted molar refractivity (Wildman–Crippen MR) is 88.4 cm³/mol. The van der Waals surface area contributed by atoms with Gasteiger partial charge in [-0.05, 0) is 42.0 Å². The van der Waals surface area contributed by atoms with Gasteiger partial charge in [0, 0.05) is 6.20 Å². The second-order valence-electron chi connectivity index (χ2n) is 4.52. The Hall–Kier alpha value is -2.53. The fourth-order valence-electron chi connectivity index (χ4n) is 1.91. The molecule has 3 aromatic rings. The highest BCUT2D eigenvalue weighted by Crippen LogP contribution is 2.26. The summed E-state index contributed by atoms with van der Waals surface area (Å²) < 4.78 is 19.0. The zero-order chi connectivity index (χ0) is 15.4. The molecule has 0 saturated heterocycles. The third kappa shape index (κ3) is 3.38. The summed E-state index contributed by atoms with van der Waals surface area (Å²) in [4.78, 5) is 8.12. The number of halogens is 1. The van der Waals surface area contributed by atoms with Crippen LogP contribution < -0.4 is 4.74 Å². The van der Waals surface area contributed by atoms with Crippen molar-refractivity contribution < 1.29 is 9.13 Å². The maximum Gasteiger partial charge on any atom is 0.212 e. The number of thiazole rings is 1. The van der Waals surface area contributed by atoms with Crippen molar-refractivity contribution in [3.8, 4) is 5.75 Å². The number of ether oxygens (including phenoxy) is 1. The van der Waals surface area contributed by atoms with Gasteiger partial charge in [0.1, 0.15) is 10.8 Å². The zero-order valence-corrected chi connectivity index (χ0v) is 12.7. The lowest BCUT2D eigenvalue weighted by Gasteiger charge is -1.96. The largest absolute Gasteiger partial charge is 0.497 e. The van der Waals surface area contributed by atoms with Crippen LogP contribution in [-0.4, -0.2) is 17.1 Å². The van der Waals surface area contributed by atoms with E-state index in [1.54, 1.807) is 24.5 Å². The lowest BCUT2D eigenvalue weighted by atomic mass is 10.2. The predicted octanol–water partition coefficient (Wildman–Crippen LogP) is 4.57. The average molecular weight is 312 g/mol. The Labute approximate surface area is 131 Å². The molecule has 22 heavy (non-hydrogen) atoms. The second-order valence-corrected chi connectivity index (χ2v) is 5.58. The van der Waals surface area contributed by atoms with E-state index in [2.05, 4.69) is 9.97 Å². The maximum absolute atomic E-state index is 12.7. The molecule has 0 spiro atoms. The molecule has 0 N–H and O–H groups in total. The highest BCUT2D eigenvalue weighted by atomic mass is 32.1. The fraction of sp³-hybridized carbons (Fsp3) is 0.0588. The topological polar surface area (TPSA) is 35.0 Å². The summed E-state index contributed by atoms with van der Waals surface area (Å²) >= 11 is 1.60. The van der Waals surface area contributed by atoms with E-state index in [1.165, 1.54) is 12.3 Å². The summed E-state index contributed by atoms with van der Waals surface area (Å²) in [5.74, 6) is 0.355. The highest BCUT2D eigenvalue weighted by molar-refractivity contribution is 7.19. The van der Waals surface area contributed by atoms with Crippen LogP contribution in [-0.2, 0) is 0 Å². The van der Waals surface area contributed by atoms with Crippen molar-refractivity contribution in [1.29, 1.82) is 0 Å². The first-order valence-electron chi connectivity index (χ1n) is 6.65. The lowest BCUT2D eigenvalue weighted by molar-refractivity contribution is 0.415. The standard InChI is InChI=1S/C17H13FN2OS/c1-21-13-7-8-14-15(10-13)22-17(20-14)5-3-2-4-12-6-9-16(18)19-11-12/h2-11H,1H3/b4-2+,5-3+. The van der Waals surface area contributed by atoms with Gasteiger partial charge >= 0.3 is 0 Å². The Kier molecular flexibility index (Phi) is 4.25. The molecule has 2 aromatic heterocycles. The first-order valence-corrected chi connectivity index (χ1v) is 7.47. The minimum Gasteiger partial charge on any atom is -0.497 e. The Morgan fingerprint density at radius 1 is 1.14 bits per heavy atom. The lowest BCUT2D eigenvalue weighted by Crippen LogP contribution is -1.80. The van der Waals surface area contributed by atoms with Gasteiger partial charge in [0.15, 0.2) is 0 Å².